The van der Waals surface area contributed by atoms with E-state index in [0.717, 1.165) is 0 Å². The van der Waals surface area contributed by atoms with Gasteiger partial charge in [0.05, 0.1) is 0 Å². The first-order valence-electron chi connectivity index (χ1n) is 5.08. The first kappa shape index (κ1) is 8.11. The molecule has 0 aromatic rings. The highest BCUT2D eigenvalue weighted by Gasteiger charge is 2.27. The number of allylic oxidation sites excluding steroid dienone is 1. The van der Waals surface area contributed by atoms with Gasteiger partial charge in [0, 0.05) is 18.3 Å². The van der Waals surface area contributed by atoms with Gasteiger partial charge in [0.2, 0.25) is 0 Å². The molecule has 2 rings (SSSR count). The van der Waals surface area contributed by atoms with E-state index in [1.165, 1.54) is 32.2 Å². The van der Waals surface area contributed by atoms with Crippen molar-refractivity contribution in [3.8, 4) is 0 Å². The van der Waals surface area contributed by atoms with Crippen molar-refractivity contribution in [3.05, 3.63) is 11.3 Å². The summed E-state index contributed by atoms with van der Waals surface area (Å²) < 4.78 is 0. The van der Waals surface area contributed by atoms with E-state index < -0.39 is 0 Å². The van der Waals surface area contributed by atoms with Crippen molar-refractivity contribution in [3.63, 3.8) is 0 Å². The molecular weight excluding hydrogens is 148 g/mol. The smallest absolute Gasteiger partial charge is 0.0463 e. The van der Waals surface area contributed by atoms with Crippen LogP contribution in [0.25, 0.3) is 0 Å². The molecule has 0 aromatic heterocycles. The summed E-state index contributed by atoms with van der Waals surface area (Å²) in [6.45, 7) is 5.74. The average molecular weight is 166 g/mol. The highest BCUT2D eigenvalue weighted by molar-refractivity contribution is 5.23. The second-order valence-electron chi connectivity index (χ2n) is 3.79. The normalized spacial score (nSPS) is 29.5. The molecule has 2 aliphatic rings. The summed E-state index contributed by atoms with van der Waals surface area (Å²) in [6, 6.07) is 0.586. The maximum Gasteiger partial charge on any atom is 0.0463 e. The lowest BCUT2D eigenvalue weighted by atomic mass is 10.0. The van der Waals surface area contributed by atoms with Gasteiger partial charge < -0.3 is 5.01 Å². The third-order valence-corrected chi connectivity index (χ3v) is 2.99. The Bertz CT molecular complexity index is 208. The van der Waals surface area contributed by atoms with Crippen molar-refractivity contribution in [2.75, 3.05) is 6.54 Å². The molecule has 0 saturated carbocycles. The summed E-state index contributed by atoms with van der Waals surface area (Å²) in [5.74, 6) is 0. The number of hydrazine groups is 1. The SMILES string of the molecule is CCC1=C2CCCCN2NC1C. The predicted octanol–water partition coefficient (Wildman–Crippen LogP) is 2.04. The van der Waals surface area contributed by atoms with Gasteiger partial charge in [-0.3, -0.25) is 0 Å². The highest BCUT2D eigenvalue weighted by atomic mass is 15.5. The summed E-state index contributed by atoms with van der Waals surface area (Å²) in [6.07, 6.45) is 5.23. The molecular formula is C10H18N2. The molecule has 1 fully saturated rings. The van der Waals surface area contributed by atoms with E-state index in [4.69, 9.17) is 0 Å². The Morgan fingerprint density at radius 3 is 3.08 bits per heavy atom. The second-order valence-corrected chi connectivity index (χ2v) is 3.79. The molecule has 1 saturated heterocycles. The molecule has 2 aliphatic heterocycles. The molecule has 0 aliphatic carbocycles. The van der Waals surface area contributed by atoms with E-state index in [1.807, 2.05) is 0 Å². The number of fused-ring (bicyclic) bond motifs is 1. The van der Waals surface area contributed by atoms with Crippen LogP contribution in [-0.2, 0) is 0 Å². The first-order chi connectivity index (χ1) is 5.83. The molecule has 68 valence electrons. The molecule has 1 atom stereocenters. The van der Waals surface area contributed by atoms with Gasteiger partial charge in [-0.15, -0.1) is 0 Å². The summed E-state index contributed by atoms with van der Waals surface area (Å²) in [7, 11) is 0. The fourth-order valence-electron chi connectivity index (χ4n) is 2.38. The fourth-order valence-corrected chi connectivity index (χ4v) is 2.38. The molecule has 0 aromatic carbocycles. The third kappa shape index (κ3) is 1.14. The summed E-state index contributed by atoms with van der Waals surface area (Å²) in [5, 5.41) is 2.37. The molecule has 2 heterocycles. The Morgan fingerprint density at radius 1 is 1.50 bits per heavy atom. The number of nitrogens with zero attached hydrogens (tertiary/aromatic N) is 1. The van der Waals surface area contributed by atoms with Crippen LogP contribution in [0.4, 0.5) is 0 Å². The minimum absolute atomic E-state index is 0.586. The molecule has 2 nitrogen and oxygen atoms in total. The molecule has 1 unspecified atom stereocenters. The zero-order valence-corrected chi connectivity index (χ0v) is 8.06. The average Bonchev–Trinajstić information content (AvgIpc) is 2.40. The zero-order chi connectivity index (χ0) is 8.55. The van der Waals surface area contributed by atoms with Crippen molar-refractivity contribution in [2.24, 2.45) is 0 Å². The predicted molar refractivity (Wildman–Crippen MR) is 50.5 cm³/mol. The summed E-state index contributed by atoms with van der Waals surface area (Å²) >= 11 is 0. The first-order valence-corrected chi connectivity index (χ1v) is 5.08. The monoisotopic (exact) mass is 166 g/mol. The van der Waals surface area contributed by atoms with Crippen LogP contribution in [0.3, 0.4) is 0 Å². The van der Waals surface area contributed by atoms with Crippen molar-refractivity contribution in [1.29, 1.82) is 0 Å². The summed E-state index contributed by atoms with van der Waals surface area (Å²) in [4.78, 5) is 0. The van der Waals surface area contributed by atoms with Gasteiger partial charge in [-0.25, -0.2) is 5.43 Å². The van der Waals surface area contributed by atoms with Gasteiger partial charge in [-0.2, -0.15) is 0 Å². The van der Waals surface area contributed by atoms with E-state index in [0.29, 0.717) is 6.04 Å². The van der Waals surface area contributed by atoms with E-state index in [9.17, 15) is 0 Å². The minimum Gasteiger partial charge on any atom is -0.312 e. The van der Waals surface area contributed by atoms with Gasteiger partial charge in [0.15, 0.2) is 0 Å². The standard InChI is InChI=1S/C10H18N2/c1-3-9-8(2)11-12-7-5-4-6-10(9)12/h8,11H,3-7H2,1-2H3. The van der Waals surface area contributed by atoms with Crippen LogP contribution >= 0.6 is 0 Å². The molecule has 0 radical (unpaired) electrons. The van der Waals surface area contributed by atoms with Crippen molar-refractivity contribution >= 4 is 0 Å². The molecule has 0 bridgehead atoms. The van der Waals surface area contributed by atoms with Crippen LogP contribution in [0.2, 0.25) is 0 Å². The van der Waals surface area contributed by atoms with Crippen LogP contribution in [0, 0.1) is 0 Å². The number of piperidine rings is 1. The maximum atomic E-state index is 3.52. The van der Waals surface area contributed by atoms with Crippen LogP contribution < -0.4 is 5.43 Å². The van der Waals surface area contributed by atoms with Crippen LogP contribution in [0.1, 0.15) is 39.5 Å². The fraction of sp³-hybridized carbons (Fsp3) is 0.800. The maximum absolute atomic E-state index is 3.52. The molecule has 0 amide bonds. The quantitative estimate of drug-likeness (QED) is 0.641. The van der Waals surface area contributed by atoms with Crippen molar-refractivity contribution in [1.82, 2.24) is 10.4 Å². The number of nitrogens with one attached hydrogen (secondary N) is 1. The van der Waals surface area contributed by atoms with E-state index in [-0.39, 0.29) is 0 Å². The van der Waals surface area contributed by atoms with E-state index in [1.54, 1.807) is 11.3 Å². The lowest BCUT2D eigenvalue weighted by Crippen LogP contribution is -2.38. The Labute approximate surface area is 74.6 Å². The zero-order valence-electron chi connectivity index (χ0n) is 8.06. The Kier molecular flexibility index (Phi) is 2.09. The minimum atomic E-state index is 0.586. The molecule has 12 heavy (non-hydrogen) atoms. The topological polar surface area (TPSA) is 15.3 Å². The lowest BCUT2D eigenvalue weighted by Gasteiger charge is -2.27. The van der Waals surface area contributed by atoms with E-state index >= 15 is 0 Å². The van der Waals surface area contributed by atoms with Crippen molar-refractivity contribution < 1.29 is 0 Å². The number of hydrogen-bond acceptors (Lipinski definition) is 2. The third-order valence-electron chi connectivity index (χ3n) is 2.99. The van der Waals surface area contributed by atoms with Crippen LogP contribution in [0.5, 0.6) is 0 Å². The van der Waals surface area contributed by atoms with Gasteiger partial charge in [0.1, 0.15) is 0 Å². The van der Waals surface area contributed by atoms with Gasteiger partial charge in [-0.1, -0.05) is 6.92 Å². The van der Waals surface area contributed by atoms with Crippen molar-refractivity contribution in [2.45, 2.75) is 45.6 Å². The Morgan fingerprint density at radius 2 is 2.33 bits per heavy atom. The van der Waals surface area contributed by atoms with Crippen LogP contribution in [0.15, 0.2) is 11.3 Å². The highest BCUT2D eigenvalue weighted by Crippen LogP contribution is 2.30. The number of hydrogen-bond donors (Lipinski definition) is 1. The Hall–Kier alpha value is -0.500. The van der Waals surface area contributed by atoms with Gasteiger partial charge in [-0.05, 0) is 38.2 Å². The van der Waals surface area contributed by atoms with Gasteiger partial charge >= 0.3 is 0 Å². The second kappa shape index (κ2) is 3.09. The Balaban J connectivity index is 2.22. The molecule has 1 N–H and O–H groups in total. The van der Waals surface area contributed by atoms with Gasteiger partial charge in [0.25, 0.3) is 0 Å². The molecule has 2 heteroatoms. The largest absolute Gasteiger partial charge is 0.312 e. The summed E-state index contributed by atoms with van der Waals surface area (Å²) in [5.41, 5.74) is 6.74. The van der Waals surface area contributed by atoms with Crippen LogP contribution in [-0.4, -0.2) is 17.6 Å². The lowest BCUT2D eigenvalue weighted by molar-refractivity contribution is 0.223. The van der Waals surface area contributed by atoms with E-state index in [2.05, 4.69) is 24.3 Å². The number of rotatable bonds is 1. The molecule has 0 spiro atoms.